The zero-order chi connectivity index (χ0) is 14.6. The fraction of sp³-hybridized carbons (Fsp3) is 0.647. The highest BCUT2D eigenvalue weighted by Gasteiger charge is 2.26. The number of nitrogens with one attached hydrogen (secondary N) is 1. The first-order valence-electron chi connectivity index (χ1n) is 7.70. The molecule has 1 aromatic rings. The predicted octanol–water partition coefficient (Wildman–Crippen LogP) is 3.56. The quantitative estimate of drug-likeness (QED) is 0.886. The van der Waals surface area contributed by atoms with E-state index >= 15 is 0 Å². The predicted molar refractivity (Wildman–Crippen MR) is 82.1 cm³/mol. The Morgan fingerprint density at radius 1 is 1.35 bits per heavy atom. The Hall–Kier alpha value is -0.930. The zero-order valence-corrected chi connectivity index (χ0v) is 13.0. The van der Waals surface area contributed by atoms with E-state index in [0.717, 1.165) is 38.3 Å². The van der Waals surface area contributed by atoms with Gasteiger partial charge < -0.3 is 5.32 Å². The van der Waals surface area contributed by atoms with Crippen LogP contribution in [0.25, 0.3) is 0 Å². The summed E-state index contributed by atoms with van der Waals surface area (Å²) in [5.41, 5.74) is 2.36. The molecule has 1 N–H and O–H groups in total. The molecule has 1 fully saturated rings. The molecule has 1 aromatic carbocycles. The van der Waals surface area contributed by atoms with Crippen LogP contribution in [0.1, 0.15) is 44.7 Å². The molecule has 112 valence electrons. The standard InChI is InChI=1S/C17H27FN2/c1-4-19-11-14-6-7-16(18)15(10-14)12-20-9-5-8-17(2,3)13-20/h6-7,10,19H,4-5,8-9,11-13H2,1-3H3. The van der Waals surface area contributed by atoms with Crippen LogP contribution in [0.15, 0.2) is 18.2 Å². The van der Waals surface area contributed by atoms with Gasteiger partial charge in [-0.05, 0) is 43.0 Å². The van der Waals surface area contributed by atoms with Crippen LogP contribution >= 0.6 is 0 Å². The molecule has 1 heterocycles. The topological polar surface area (TPSA) is 15.3 Å². The van der Waals surface area contributed by atoms with Gasteiger partial charge in [-0.1, -0.05) is 32.9 Å². The van der Waals surface area contributed by atoms with Crippen molar-refractivity contribution in [1.29, 1.82) is 0 Å². The fourth-order valence-electron chi connectivity index (χ4n) is 3.05. The number of nitrogens with zero attached hydrogens (tertiary/aromatic N) is 1. The lowest BCUT2D eigenvalue weighted by Crippen LogP contribution is -2.39. The van der Waals surface area contributed by atoms with Crippen molar-refractivity contribution in [1.82, 2.24) is 10.2 Å². The minimum absolute atomic E-state index is 0.0753. The van der Waals surface area contributed by atoms with E-state index in [1.54, 1.807) is 6.07 Å². The fourth-order valence-corrected chi connectivity index (χ4v) is 3.05. The van der Waals surface area contributed by atoms with Crippen molar-refractivity contribution in [3.05, 3.63) is 35.1 Å². The molecule has 2 nitrogen and oxygen atoms in total. The number of rotatable bonds is 5. The van der Waals surface area contributed by atoms with Gasteiger partial charge in [-0.2, -0.15) is 0 Å². The summed E-state index contributed by atoms with van der Waals surface area (Å²) >= 11 is 0. The Kier molecular flexibility index (Phi) is 5.17. The van der Waals surface area contributed by atoms with Gasteiger partial charge in [0.15, 0.2) is 0 Å². The van der Waals surface area contributed by atoms with Crippen LogP contribution in [-0.2, 0) is 13.1 Å². The van der Waals surface area contributed by atoms with Crippen molar-refractivity contribution < 1.29 is 4.39 Å². The summed E-state index contributed by atoms with van der Waals surface area (Å²) in [5.74, 6) is -0.0753. The maximum Gasteiger partial charge on any atom is 0.127 e. The molecule has 0 aromatic heterocycles. The van der Waals surface area contributed by atoms with Gasteiger partial charge in [-0.15, -0.1) is 0 Å². The Bertz CT molecular complexity index is 443. The minimum atomic E-state index is -0.0753. The number of piperidine rings is 1. The van der Waals surface area contributed by atoms with Crippen molar-refractivity contribution in [3.8, 4) is 0 Å². The average Bonchev–Trinajstić information content (AvgIpc) is 2.38. The SMILES string of the molecule is CCNCc1ccc(F)c(CN2CCCC(C)(C)C2)c1. The van der Waals surface area contributed by atoms with Crippen molar-refractivity contribution in [2.24, 2.45) is 5.41 Å². The van der Waals surface area contributed by atoms with Crippen molar-refractivity contribution >= 4 is 0 Å². The summed E-state index contributed by atoms with van der Waals surface area (Å²) in [6.07, 6.45) is 2.48. The number of benzene rings is 1. The third-order valence-corrected chi connectivity index (χ3v) is 4.06. The first-order chi connectivity index (χ1) is 9.50. The number of halogens is 1. The average molecular weight is 278 g/mol. The molecule has 1 aliphatic heterocycles. The number of likely N-dealkylation sites (tertiary alicyclic amines) is 1. The summed E-state index contributed by atoms with van der Waals surface area (Å²) in [4.78, 5) is 2.39. The van der Waals surface area contributed by atoms with E-state index in [1.165, 1.54) is 18.4 Å². The van der Waals surface area contributed by atoms with Crippen molar-refractivity contribution in [2.75, 3.05) is 19.6 Å². The van der Waals surface area contributed by atoms with E-state index in [1.807, 2.05) is 12.1 Å². The summed E-state index contributed by atoms with van der Waals surface area (Å²) < 4.78 is 14.0. The molecule has 0 amide bonds. The van der Waals surface area contributed by atoms with Crippen LogP contribution < -0.4 is 5.32 Å². The molecule has 0 spiro atoms. The van der Waals surface area contributed by atoms with E-state index in [-0.39, 0.29) is 5.82 Å². The maximum absolute atomic E-state index is 14.0. The second-order valence-electron chi connectivity index (χ2n) is 6.68. The molecular weight excluding hydrogens is 251 g/mol. The Labute approximate surface area is 122 Å². The molecule has 0 radical (unpaired) electrons. The minimum Gasteiger partial charge on any atom is -0.313 e. The Morgan fingerprint density at radius 3 is 2.85 bits per heavy atom. The van der Waals surface area contributed by atoms with Gasteiger partial charge in [0.1, 0.15) is 5.82 Å². The number of hydrogen-bond donors (Lipinski definition) is 1. The van der Waals surface area contributed by atoms with Crippen LogP contribution in [-0.4, -0.2) is 24.5 Å². The molecule has 0 bridgehead atoms. The van der Waals surface area contributed by atoms with Gasteiger partial charge in [-0.25, -0.2) is 4.39 Å². The van der Waals surface area contributed by atoms with Crippen LogP contribution in [0.2, 0.25) is 0 Å². The second-order valence-corrected chi connectivity index (χ2v) is 6.68. The lowest BCUT2D eigenvalue weighted by atomic mass is 9.84. The largest absolute Gasteiger partial charge is 0.313 e. The summed E-state index contributed by atoms with van der Waals surface area (Å²) in [6, 6.07) is 5.50. The highest BCUT2D eigenvalue weighted by Crippen LogP contribution is 2.29. The number of hydrogen-bond acceptors (Lipinski definition) is 2. The monoisotopic (exact) mass is 278 g/mol. The first-order valence-corrected chi connectivity index (χ1v) is 7.70. The van der Waals surface area contributed by atoms with Crippen molar-refractivity contribution in [2.45, 2.75) is 46.7 Å². The first kappa shape index (κ1) is 15.5. The molecule has 3 heteroatoms. The smallest absolute Gasteiger partial charge is 0.127 e. The van der Waals surface area contributed by atoms with Crippen LogP contribution in [0, 0.1) is 11.2 Å². The maximum atomic E-state index is 14.0. The lowest BCUT2D eigenvalue weighted by Gasteiger charge is -2.38. The van der Waals surface area contributed by atoms with Gasteiger partial charge in [0.05, 0.1) is 0 Å². The molecule has 0 aliphatic carbocycles. The normalized spacial score (nSPS) is 19.2. The second kappa shape index (κ2) is 6.68. The van der Waals surface area contributed by atoms with Gasteiger partial charge in [0, 0.05) is 25.2 Å². The third kappa shape index (κ3) is 4.29. The highest BCUT2D eigenvalue weighted by molar-refractivity contribution is 5.25. The van der Waals surface area contributed by atoms with Crippen LogP contribution in [0.4, 0.5) is 4.39 Å². The molecule has 0 atom stereocenters. The Balaban J connectivity index is 2.04. The molecular formula is C17H27FN2. The van der Waals surface area contributed by atoms with E-state index in [0.29, 0.717) is 5.41 Å². The zero-order valence-electron chi connectivity index (χ0n) is 13.0. The molecule has 1 saturated heterocycles. The molecule has 1 aliphatic rings. The van der Waals surface area contributed by atoms with E-state index in [2.05, 4.69) is 31.0 Å². The van der Waals surface area contributed by atoms with E-state index in [4.69, 9.17) is 0 Å². The Morgan fingerprint density at radius 2 is 2.15 bits per heavy atom. The lowest BCUT2D eigenvalue weighted by molar-refractivity contribution is 0.110. The molecule has 2 rings (SSSR count). The molecule has 0 saturated carbocycles. The van der Waals surface area contributed by atoms with E-state index in [9.17, 15) is 4.39 Å². The van der Waals surface area contributed by atoms with Crippen LogP contribution in [0.3, 0.4) is 0 Å². The van der Waals surface area contributed by atoms with Crippen molar-refractivity contribution in [3.63, 3.8) is 0 Å². The van der Waals surface area contributed by atoms with Gasteiger partial charge >= 0.3 is 0 Å². The van der Waals surface area contributed by atoms with Gasteiger partial charge in [0.2, 0.25) is 0 Å². The highest BCUT2D eigenvalue weighted by atomic mass is 19.1. The van der Waals surface area contributed by atoms with Gasteiger partial charge in [0.25, 0.3) is 0 Å². The molecule has 20 heavy (non-hydrogen) atoms. The van der Waals surface area contributed by atoms with Crippen LogP contribution in [0.5, 0.6) is 0 Å². The molecule has 0 unspecified atom stereocenters. The third-order valence-electron chi connectivity index (χ3n) is 4.06. The summed E-state index contributed by atoms with van der Waals surface area (Å²) in [7, 11) is 0. The summed E-state index contributed by atoms with van der Waals surface area (Å²) in [6.45, 7) is 11.3. The van der Waals surface area contributed by atoms with Gasteiger partial charge in [-0.3, -0.25) is 4.90 Å². The summed E-state index contributed by atoms with van der Waals surface area (Å²) in [5, 5.41) is 3.29. The van der Waals surface area contributed by atoms with E-state index < -0.39 is 0 Å².